The summed E-state index contributed by atoms with van der Waals surface area (Å²) < 4.78 is 0. The van der Waals surface area contributed by atoms with Gasteiger partial charge in [0.25, 0.3) is 0 Å². The lowest BCUT2D eigenvalue weighted by Gasteiger charge is -2.34. The van der Waals surface area contributed by atoms with E-state index < -0.39 is 6.23 Å². The summed E-state index contributed by atoms with van der Waals surface area (Å²) in [6.45, 7) is 3.15. The van der Waals surface area contributed by atoms with E-state index in [1.807, 2.05) is 4.90 Å². The molecule has 0 aromatic rings. The number of hydrogen-bond donors (Lipinski definition) is 3. The Balaban J connectivity index is 2.63. The molecule has 6 nitrogen and oxygen atoms in total. The van der Waals surface area contributed by atoms with Crippen molar-refractivity contribution < 1.29 is 5.11 Å². The Morgan fingerprint density at radius 1 is 1.53 bits per heavy atom. The molecule has 6 heteroatoms. The van der Waals surface area contributed by atoms with Crippen molar-refractivity contribution in [3.8, 4) is 0 Å². The van der Waals surface area contributed by atoms with Gasteiger partial charge in [0.15, 0.2) is 6.23 Å². The summed E-state index contributed by atoms with van der Waals surface area (Å²) in [7, 11) is 0. The van der Waals surface area contributed by atoms with Gasteiger partial charge in [-0.3, -0.25) is 0 Å². The van der Waals surface area contributed by atoms with Crippen LogP contribution in [0.2, 0.25) is 0 Å². The van der Waals surface area contributed by atoms with Gasteiger partial charge >= 0.3 is 0 Å². The first kappa shape index (κ1) is 13.5. The topological polar surface area (TPSA) is 105 Å². The van der Waals surface area contributed by atoms with Crippen LogP contribution in [0.15, 0.2) is 28.8 Å². The van der Waals surface area contributed by atoms with E-state index in [1.165, 1.54) is 0 Å². The number of aliphatic hydroxyl groups is 1. The maximum Gasteiger partial charge on any atom is 0.191 e. The van der Waals surface area contributed by atoms with E-state index in [4.69, 9.17) is 11.5 Å². The minimum atomic E-state index is -1.14. The summed E-state index contributed by atoms with van der Waals surface area (Å²) >= 11 is 0. The van der Waals surface area contributed by atoms with Gasteiger partial charge in [-0.2, -0.15) is 0 Å². The number of nitrogens with two attached hydrogens (primary N) is 2. The third-order valence-electron chi connectivity index (χ3n) is 2.87. The van der Waals surface area contributed by atoms with Crippen molar-refractivity contribution in [2.75, 3.05) is 13.1 Å². The Labute approximate surface area is 101 Å². The molecule has 0 aromatic carbocycles. The number of aliphatic hydroxyl groups excluding tert-OH is 1. The van der Waals surface area contributed by atoms with Crippen molar-refractivity contribution in [1.82, 2.24) is 4.90 Å². The number of nitrogens with zero attached hydrogens (tertiary/aromatic N) is 2. The summed E-state index contributed by atoms with van der Waals surface area (Å²) in [4.78, 5) is 12.2. The van der Waals surface area contributed by atoms with E-state index in [9.17, 15) is 10.0 Å². The van der Waals surface area contributed by atoms with Crippen LogP contribution in [0.5, 0.6) is 0 Å². The number of piperidine rings is 1. The second-order valence-corrected chi connectivity index (χ2v) is 4.37. The number of hydrogen-bond acceptors (Lipinski definition) is 6. The predicted molar refractivity (Wildman–Crippen MR) is 66.3 cm³/mol. The lowest BCUT2D eigenvalue weighted by atomic mass is 9.96. The van der Waals surface area contributed by atoms with Crippen LogP contribution in [0, 0.1) is 10.8 Å². The Morgan fingerprint density at radius 2 is 2.24 bits per heavy atom. The summed E-state index contributed by atoms with van der Waals surface area (Å²) in [5.74, 6) is 0.453. The minimum Gasteiger partial charge on any atom is -0.402 e. The van der Waals surface area contributed by atoms with Crippen LogP contribution in [0.25, 0.3) is 0 Å². The van der Waals surface area contributed by atoms with Crippen LogP contribution in [0.3, 0.4) is 0 Å². The maximum atomic E-state index is 10.3. The Kier molecular flexibility index (Phi) is 4.96. The van der Waals surface area contributed by atoms with Crippen LogP contribution in [-0.2, 0) is 0 Å². The molecule has 1 aliphatic heterocycles. The zero-order valence-electron chi connectivity index (χ0n) is 10.0. The van der Waals surface area contributed by atoms with Crippen molar-refractivity contribution in [3.05, 3.63) is 28.6 Å². The first-order valence-electron chi connectivity index (χ1n) is 5.69. The molecule has 2 atom stereocenters. The largest absolute Gasteiger partial charge is 0.402 e. The van der Waals surface area contributed by atoms with E-state index in [-0.39, 0.29) is 5.92 Å². The highest BCUT2D eigenvalue weighted by atomic mass is 16.3. The second-order valence-electron chi connectivity index (χ2n) is 4.37. The van der Waals surface area contributed by atoms with Crippen LogP contribution >= 0.6 is 0 Å². The molecular formula is C11H20N4O2. The molecule has 17 heavy (non-hydrogen) atoms. The molecule has 0 aliphatic carbocycles. The van der Waals surface area contributed by atoms with Crippen LogP contribution < -0.4 is 11.5 Å². The molecule has 1 heterocycles. The molecule has 0 radical (unpaired) electrons. The first-order chi connectivity index (χ1) is 8.04. The lowest BCUT2D eigenvalue weighted by molar-refractivity contribution is 0.0669. The van der Waals surface area contributed by atoms with Crippen molar-refractivity contribution in [2.45, 2.75) is 26.0 Å². The van der Waals surface area contributed by atoms with E-state index in [0.29, 0.717) is 18.1 Å². The molecule has 96 valence electrons. The zero-order valence-corrected chi connectivity index (χ0v) is 10.0. The van der Waals surface area contributed by atoms with Gasteiger partial charge in [0.05, 0.1) is 5.82 Å². The van der Waals surface area contributed by atoms with Crippen LogP contribution in [-0.4, -0.2) is 29.3 Å². The Bertz CT molecular complexity index is 323. The van der Waals surface area contributed by atoms with Crippen LogP contribution in [0.4, 0.5) is 0 Å². The zero-order chi connectivity index (χ0) is 12.8. The van der Waals surface area contributed by atoms with Crippen molar-refractivity contribution in [2.24, 2.45) is 22.6 Å². The molecule has 1 rings (SSSR count). The number of rotatable bonds is 4. The van der Waals surface area contributed by atoms with E-state index >= 15 is 0 Å². The summed E-state index contributed by atoms with van der Waals surface area (Å²) in [5, 5.41) is 12.1. The van der Waals surface area contributed by atoms with Gasteiger partial charge in [0.2, 0.25) is 0 Å². The molecule has 0 aromatic heterocycles. The number of allylic oxidation sites excluding steroid dienone is 3. The normalized spacial score (nSPS) is 24.6. The number of nitroso groups, excluding NO2 is 1. The molecule has 2 unspecified atom stereocenters. The standard InChI is InChI=1S/C11H20N4O2/c1-8(12)4-5-10(13)15-6-2-3-9(7-15)11(16)14-17/h4-5,9,11,16H,2-3,6-7,12-13H2,1H3/b8-4-,10-5+. The first-order valence-corrected chi connectivity index (χ1v) is 5.69. The van der Waals surface area contributed by atoms with Gasteiger partial charge < -0.3 is 21.5 Å². The molecule has 1 fully saturated rings. The molecule has 0 spiro atoms. The minimum absolute atomic E-state index is 0.142. The molecule has 0 bridgehead atoms. The predicted octanol–water partition coefficient (Wildman–Crippen LogP) is 0.446. The van der Waals surface area contributed by atoms with Gasteiger partial charge in [-0.25, -0.2) is 0 Å². The van der Waals surface area contributed by atoms with E-state index in [2.05, 4.69) is 5.18 Å². The van der Waals surface area contributed by atoms with Gasteiger partial charge in [-0.1, -0.05) is 0 Å². The third-order valence-corrected chi connectivity index (χ3v) is 2.87. The highest BCUT2D eigenvalue weighted by Gasteiger charge is 2.26. The van der Waals surface area contributed by atoms with E-state index in [1.54, 1.807) is 19.1 Å². The fraction of sp³-hybridized carbons (Fsp3) is 0.636. The lowest BCUT2D eigenvalue weighted by Crippen LogP contribution is -2.41. The maximum absolute atomic E-state index is 10.3. The summed E-state index contributed by atoms with van der Waals surface area (Å²) in [6.07, 6.45) is 4.00. The van der Waals surface area contributed by atoms with Crippen molar-refractivity contribution in [1.29, 1.82) is 0 Å². The van der Waals surface area contributed by atoms with E-state index in [0.717, 1.165) is 19.4 Å². The number of likely N-dealkylation sites (tertiary alicyclic amines) is 1. The van der Waals surface area contributed by atoms with Crippen LogP contribution in [0.1, 0.15) is 19.8 Å². The van der Waals surface area contributed by atoms with Crippen molar-refractivity contribution in [3.63, 3.8) is 0 Å². The van der Waals surface area contributed by atoms with Gasteiger partial charge in [0, 0.05) is 24.7 Å². The molecular weight excluding hydrogens is 220 g/mol. The molecule has 0 amide bonds. The quantitative estimate of drug-likeness (QED) is 0.488. The molecule has 5 N–H and O–H groups in total. The average molecular weight is 240 g/mol. The Morgan fingerprint density at radius 3 is 2.82 bits per heavy atom. The van der Waals surface area contributed by atoms with Crippen molar-refractivity contribution >= 4 is 0 Å². The monoisotopic (exact) mass is 240 g/mol. The van der Waals surface area contributed by atoms with Gasteiger partial charge in [-0.15, -0.1) is 4.91 Å². The SMILES string of the molecule is C/C(N)=C/C=C(\N)N1CCCC(C(O)N=O)C1. The highest BCUT2D eigenvalue weighted by molar-refractivity contribution is 5.12. The summed E-state index contributed by atoms with van der Waals surface area (Å²) in [6, 6.07) is 0. The average Bonchev–Trinajstić information content (AvgIpc) is 2.35. The molecule has 1 saturated heterocycles. The fourth-order valence-corrected chi connectivity index (χ4v) is 1.90. The fourth-order valence-electron chi connectivity index (χ4n) is 1.90. The van der Waals surface area contributed by atoms with Gasteiger partial charge in [-0.05, 0) is 37.1 Å². The highest BCUT2D eigenvalue weighted by Crippen LogP contribution is 2.21. The molecule has 0 saturated carbocycles. The third kappa shape index (κ3) is 4.07. The van der Waals surface area contributed by atoms with Gasteiger partial charge in [0.1, 0.15) is 0 Å². The molecule has 1 aliphatic rings. The summed E-state index contributed by atoms with van der Waals surface area (Å²) in [5.41, 5.74) is 12.1. The Hall–Kier alpha value is -1.56. The smallest absolute Gasteiger partial charge is 0.191 e. The second kappa shape index (κ2) is 6.24.